The summed E-state index contributed by atoms with van der Waals surface area (Å²) in [4.78, 5) is 9.30. The average molecular weight is 304 g/mol. The van der Waals surface area contributed by atoms with E-state index in [2.05, 4.69) is 35.3 Å². The number of thiophene rings is 2. The predicted octanol–water partition coefficient (Wildman–Crippen LogP) is 4.41. The van der Waals surface area contributed by atoms with E-state index in [0.717, 1.165) is 29.6 Å². The lowest BCUT2D eigenvalue weighted by atomic mass is 10.3. The second-order valence-corrected chi connectivity index (χ2v) is 6.77. The molecule has 0 radical (unpaired) electrons. The smallest absolute Gasteiger partial charge is 0.236 e. The Morgan fingerprint density at radius 1 is 1.20 bits per heavy atom. The van der Waals surface area contributed by atoms with Crippen LogP contribution in [-0.4, -0.2) is 16.9 Å². The molecule has 5 heteroatoms. The number of aromatic nitrogens is 1. The van der Waals surface area contributed by atoms with Gasteiger partial charge in [-0.25, -0.2) is 4.98 Å². The average Bonchev–Trinajstić information content (AvgIpc) is 3.12. The Morgan fingerprint density at radius 3 is 2.80 bits per heavy atom. The molecule has 0 aliphatic carbocycles. The monoisotopic (exact) mass is 304 g/mol. The first-order chi connectivity index (χ1) is 9.72. The lowest BCUT2D eigenvalue weighted by Crippen LogP contribution is -2.17. The van der Waals surface area contributed by atoms with Crippen molar-refractivity contribution in [3.8, 4) is 10.8 Å². The van der Waals surface area contributed by atoms with Crippen molar-refractivity contribution in [1.29, 1.82) is 0 Å². The highest BCUT2D eigenvalue weighted by Gasteiger charge is 2.10. The first-order valence-corrected chi connectivity index (χ1v) is 8.18. The van der Waals surface area contributed by atoms with Gasteiger partial charge in [-0.15, -0.1) is 22.7 Å². The maximum atomic E-state index is 5.54. The summed E-state index contributed by atoms with van der Waals surface area (Å²) in [6.45, 7) is 3.90. The number of oxazole rings is 1. The molecule has 0 aliphatic heterocycles. The molecule has 3 aromatic heterocycles. The fourth-order valence-electron chi connectivity index (χ4n) is 2.04. The van der Waals surface area contributed by atoms with Gasteiger partial charge in [0.05, 0.1) is 10.6 Å². The minimum Gasteiger partial charge on any atom is -0.444 e. The Hall–Kier alpha value is -1.43. The second kappa shape index (κ2) is 5.91. The number of rotatable bonds is 5. The van der Waals surface area contributed by atoms with Crippen LogP contribution < -0.4 is 0 Å². The molecule has 0 aliphatic rings. The third-order valence-corrected chi connectivity index (χ3v) is 4.96. The van der Waals surface area contributed by atoms with Gasteiger partial charge in [0.25, 0.3) is 0 Å². The normalized spacial score (nSPS) is 11.3. The maximum Gasteiger partial charge on any atom is 0.236 e. The Labute approximate surface area is 126 Å². The van der Waals surface area contributed by atoms with Gasteiger partial charge in [0.1, 0.15) is 6.26 Å². The molecular formula is C15H16N2OS2. The van der Waals surface area contributed by atoms with E-state index in [0.29, 0.717) is 0 Å². The number of hydrogen-bond donors (Lipinski definition) is 0. The summed E-state index contributed by atoms with van der Waals surface area (Å²) in [5, 5.41) is 4.18. The van der Waals surface area contributed by atoms with Crippen LogP contribution in [0.5, 0.6) is 0 Å². The summed E-state index contributed by atoms with van der Waals surface area (Å²) >= 11 is 3.45. The van der Waals surface area contributed by atoms with Crippen LogP contribution in [0, 0.1) is 6.92 Å². The standard InChI is InChI=1S/C15H16N2OS2/c1-11-5-7-20-14(11)9-17(2)8-12-10-18-15(16-12)13-4-3-6-19-13/h3-7,10H,8-9H2,1-2H3. The van der Waals surface area contributed by atoms with Crippen molar-refractivity contribution in [2.45, 2.75) is 20.0 Å². The van der Waals surface area contributed by atoms with Crippen molar-refractivity contribution >= 4 is 22.7 Å². The van der Waals surface area contributed by atoms with Crippen molar-refractivity contribution in [2.24, 2.45) is 0 Å². The van der Waals surface area contributed by atoms with Crippen LogP contribution in [0.2, 0.25) is 0 Å². The lowest BCUT2D eigenvalue weighted by molar-refractivity contribution is 0.317. The maximum absolute atomic E-state index is 5.54. The van der Waals surface area contributed by atoms with Gasteiger partial charge in [0.2, 0.25) is 5.89 Å². The molecule has 0 N–H and O–H groups in total. The van der Waals surface area contributed by atoms with Gasteiger partial charge < -0.3 is 4.42 Å². The summed E-state index contributed by atoms with van der Waals surface area (Å²) in [7, 11) is 2.11. The van der Waals surface area contributed by atoms with Crippen molar-refractivity contribution in [3.05, 3.63) is 51.4 Å². The summed E-state index contributed by atoms with van der Waals surface area (Å²) in [6, 6.07) is 6.20. The van der Waals surface area contributed by atoms with E-state index in [-0.39, 0.29) is 0 Å². The number of hydrogen-bond acceptors (Lipinski definition) is 5. The summed E-state index contributed by atoms with van der Waals surface area (Å²) in [5.74, 6) is 0.718. The van der Waals surface area contributed by atoms with E-state index in [9.17, 15) is 0 Å². The zero-order valence-corrected chi connectivity index (χ0v) is 13.1. The Kier molecular flexibility index (Phi) is 4.00. The van der Waals surface area contributed by atoms with Gasteiger partial charge >= 0.3 is 0 Å². The van der Waals surface area contributed by atoms with E-state index >= 15 is 0 Å². The highest BCUT2D eigenvalue weighted by molar-refractivity contribution is 7.13. The van der Waals surface area contributed by atoms with Crippen molar-refractivity contribution < 1.29 is 4.42 Å². The fourth-order valence-corrected chi connectivity index (χ4v) is 3.68. The minimum absolute atomic E-state index is 0.718. The molecule has 0 atom stereocenters. The van der Waals surface area contributed by atoms with Gasteiger partial charge in [0, 0.05) is 18.0 Å². The Morgan fingerprint density at radius 2 is 2.10 bits per heavy atom. The van der Waals surface area contributed by atoms with Crippen LogP contribution in [0.15, 0.2) is 39.6 Å². The van der Waals surface area contributed by atoms with E-state index in [1.54, 1.807) is 17.6 Å². The summed E-state index contributed by atoms with van der Waals surface area (Å²) < 4.78 is 5.54. The zero-order valence-electron chi connectivity index (χ0n) is 11.5. The third kappa shape index (κ3) is 3.00. The predicted molar refractivity (Wildman–Crippen MR) is 84.0 cm³/mol. The molecule has 104 valence electrons. The van der Waals surface area contributed by atoms with Crippen molar-refractivity contribution in [3.63, 3.8) is 0 Å². The van der Waals surface area contributed by atoms with Gasteiger partial charge in [0.15, 0.2) is 0 Å². The highest BCUT2D eigenvalue weighted by Crippen LogP contribution is 2.24. The zero-order chi connectivity index (χ0) is 13.9. The third-order valence-electron chi connectivity index (χ3n) is 3.10. The molecule has 3 rings (SSSR count). The topological polar surface area (TPSA) is 29.3 Å². The molecular weight excluding hydrogens is 288 g/mol. The van der Waals surface area contributed by atoms with E-state index in [4.69, 9.17) is 4.42 Å². The first kappa shape index (κ1) is 13.5. The summed E-state index contributed by atoms with van der Waals surface area (Å²) in [6.07, 6.45) is 1.76. The molecule has 3 aromatic rings. The minimum atomic E-state index is 0.718. The molecule has 20 heavy (non-hydrogen) atoms. The van der Waals surface area contributed by atoms with Crippen LogP contribution in [0.4, 0.5) is 0 Å². The van der Waals surface area contributed by atoms with Crippen LogP contribution in [0.25, 0.3) is 10.8 Å². The van der Waals surface area contributed by atoms with Gasteiger partial charge in [-0.3, -0.25) is 4.90 Å². The van der Waals surface area contributed by atoms with Gasteiger partial charge in [-0.1, -0.05) is 6.07 Å². The Bertz CT molecular complexity index is 670. The molecule has 0 unspecified atom stereocenters. The molecule has 0 spiro atoms. The van der Waals surface area contributed by atoms with E-state index in [1.807, 2.05) is 28.8 Å². The molecule has 3 nitrogen and oxygen atoms in total. The molecule has 0 saturated carbocycles. The summed E-state index contributed by atoms with van der Waals surface area (Å²) in [5.41, 5.74) is 2.34. The quantitative estimate of drug-likeness (QED) is 0.699. The number of nitrogens with zero attached hydrogens (tertiary/aromatic N) is 2. The SMILES string of the molecule is Cc1ccsc1CN(C)Cc1coc(-c2cccs2)n1. The number of aryl methyl sites for hydroxylation is 1. The van der Waals surface area contributed by atoms with Crippen LogP contribution in [0.3, 0.4) is 0 Å². The van der Waals surface area contributed by atoms with E-state index in [1.165, 1.54) is 10.4 Å². The Balaban J connectivity index is 1.65. The van der Waals surface area contributed by atoms with Crippen molar-refractivity contribution in [2.75, 3.05) is 7.05 Å². The van der Waals surface area contributed by atoms with Gasteiger partial charge in [-0.05, 0) is 42.4 Å². The first-order valence-electron chi connectivity index (χ1n) is 6.42. The molecule has 0 bridgehead atoms. The largest absolute Gasteiger partial charge is 0.444 e. The van der Waals surface area contributed by atoms with E-state index < -0.39 is 0 Å². The molecule has 0 saturated heterocycles. The highest BCUT2D eigenvalue weighted by atomic mass is 32.1. The van der Waals surface area contributed by atoms with Crippen LogP contribution in [-0.2, 0) is 13.1 Å². The van der Waals surface area contributed by atoms with Crippen LogP contribution >= 0.6 is 22.7 Å². The van der Waals surface area contributed by atoms with Crippen molar-refractivity contribution in [1.82, 2.24) is 9.88 Å². The molecule has 0 fully saturated rings. The fraction of sp³-hybridized carbons (Fsp3) is 0.267. The lowest BCUT2D eigenvalue weighted by Gasteiger charge is -2.14. The molecule has 0 aromatic carbocycles. The molecule has 0 amide bonds. The van der Waals surface area contributed by atoms with Crippen LogP contribution in [0.1, 0.15) is 16.1 Å². The second-order valence-electron chi connectivity index (χ2n) is 4.82. The molecule has 3 heterocycles. The van der Waals surface area contributed by atoms with Gasteiger partial charge in [-0.2, -0.15) is 0 Å².